The molecule has 24 heavy (non-hydrogen) atoms. The highest BCUT2D eigenvalue weighted by molar-refractivity contribution is 9.10. The van der Waals surface area contributed by atoms with Gasteiger partial charge in [-0.2, -0.15) is 0 Å². The van der Waals surface area contributed by atoms with Gasteiger partial charge in [0.15, 0.2) is 5.13 Å². The number of rotatable bonds is 6. The van der Waals surface area contributed by atoms with Gasteiger partial charge < -0.3 is 10.1 Å². The summed E-state index contributed by atoms with van der Waals surface area (Å²) in [5, 5.41) is 5.14. The molecule has 0 aliphatic heterocycles. The molecule has 1 aliphatic carbocycles. The monoisotopic (exact) mass is 408 g/mol. The molecule has 1 fully saturated rings. The number of carbonyl (C=O) groups excluding carboxylic acids is 2. The van der Waals surface area contributed by atoms with Gasteiger partial charge in [0.1, 0.15) is 0 Å². The molecule has 2 aromatic rings. The normalized spacial score (nSPS) is 18.9. The second-order valence-electron chi connectivity index (χ2n) is 5.62. The van der Waals surface area contributed by atoms with E-state index in [0.29, 0.717) is 17.4 Å². The lowest BCUT2D eigenvalue weighted by Gasteiger charge is -2.02. The van der Waals surface area contributed by atoms with Crippen LogP contribution in [0.15, 0.2) is 34.1 Å². The van der Waals surface area contributed by atoms with Crippen LogP contribution in [0.25, 0.3) is 0 Å². The SMILES string of the molecule is CCOC(=O)Cc1csc(NC(=O)C2CC2c2cccc(Br)c2)n1. The van der Waals surface area contributed by atoms with Gasteiger partial charge >= 0.3 is 5.97 Å². The van der Waals surface area contributed by atoms with Crippen LogP contribution in [0.2, 0.25) is 0 Å². The van der Waals surface area contributed by atoms with Gasteiger partial charge in [0.25, 0.3) is 0 Å². The van der Waals surface area contributed by atoms with Gasteiger partial charge in [0.05, 0.1) is 18.7 Å². The number of hydrogen-bond donors (Lipinski definition) is 1. The van der Waals surface area contributed by atoms with Crippen LogP contribution in [0.3, 0.4) is 0 Å². The highest BCUT2D eigenvalue weighted by atomic mass is 79.9. The van der Waals surface area contributed by atoms with Crippen molar-refractivity contribution < 1.29 is 14.3 Å². The van der Waals surface area contributed by atoms with E-state index >= 15 is 0 Å². The first-order valence-corrected chi connectivity index (χ1v) is 9.40. The van der Waals surface area contributed by atoms with Crippen molar-refractivity contribution in [2.24, 2.45) is 5.92 Å². The maximum Gasteiger partial charge on any atom is 0.311 e. The Labute approximate surface area is 152 Å². The van der Waals surface area contributed by atoms with Gasteiger partial charge in [-0.15, -0.1) is 11.3 Å². The Morgan fingerprint density at radius 3 is 3.04 bits per heavy atom. The molecule has 1 aliphatic rings. The zero-order valence-electron chi connectivity index (χ0n) is 13.1. The van der Waals surface area contributed by atoms with Crippen LogP contribution in [-0.2, 0) is 20.7 Å². The first-order chi connectivity index (χ1) is 11.6. The fraction of sp³-hybridized carbons (Fsp3) is 0.353. The number of anilines is 1. The van der Waals surface area contributed by atoms with Crippen molar-refractivity contribution in [1.29, 1.82) is 0 Å². The first kappa shape index (κ1) is 17.1. The molecule has 0 radical (unpaired) electrons. The summed E-state index contributed by atoms with van der Waals surface area (Å²) in [5.41, 5.74) is 1.79. The summed E-state index contributed by atoms with van der Waals surface area (Å²) >= 11 is 4.78. The number of nitrogens with one attached hydrogen (secondary N) is 1. The Balaban J connectivity index is 1.55. The fourth-order valence-corrected chi connectivity index (χ4v) is 3.72. The summed E-state index contributed by atoms with van der Waals surface area (Å²) in [6.45, 7) is 2.12. The van der Waals surface area contributed by atoms with E-state index in [1.54, 1.807) is 12.3 Å². The zero-order valence-corrected chi connectivity index (χ0v) is 15.5. The van der Waals surface area contributed by atoms with Crippen LogP contribution in [0, 0.1) is 5.92 Å². The smallest absolute Gasteiger partial charge is 0.311 e. The number of aromatic nitrogens is 1. The average Bonchev–Trinajstić information content (AvgIpc) is 3.23. The Bertz CT molecular complexity index is 762. The minimum absolute atomic E-state index is 0.0167. The molecule has 126 valence electrons. The topological polar surface area (TPSA) is 68.3 Å². The predicted octanol–water partition coefficient (Wildman–Crippen LogP) is 3.75. The lowest BCUT2D eigenvalue weighted by molar-refractivity contribution is -0.142. The van der Waals surface area contributed by atoms with Crippen molar-refractivity contribution in [2.45, 2.75) is 25.7 Å². The van der Waals surface area contributed by atoms with Gasteiger partial charge in [-0.05, 0) is 37.0 Å². The minimum atomic E-state index is -0.308. The molecule has 0 saturated heterocycles. The summed E-state index contributed by atoms with van der Waals surface area (Å²) < 4.78 is 5.91. The molecule has 5 nitrogen and oxygen atoms in total. The van der Waals surface area contributed by atoms with Crippen LogP contribution in [0.1, 0.15) is 30.5 Å². The number of halogens is 1. The van der Waals surface area contributed by atoms with Crippen LogP contribution >= 0.6 is 27.3 Å². The molecular weight excluding hydrogens is 392 g/mol. The number of carbonyl (C=O) groups is 2. The van der Waals surface area contributed by atoms with Crippen molar-refractivity contribution in [3.63, 3.8) is 0 Å². The molecule has 1 saturated carbocycles. The van der Waals surface area contributed by atoms with Gasteiger partial charge in [-0.25, -0.2) is 4.98 Å². The highest BCUT2D eigenvalue weighted by Gasteiger charge is 2.44. The summed E-state index contributed by atoms with van der Waals surface area (Å²) in [6.07, 6.45) is 0.980. The minimum Gasteiger partial charge on any atom is -0.466 e. The largest absolute Gasteiger partial charge is 0.466 e. The standard InChI is InChI=1S/C17H17BrN2O3S/c1-2-23-15(21)7-12-9-24-17(19-12)20-16(22)14-8-13(14)10-4-3-5-11(18)6-10/h3-6,9,13-14H,2,7-8H2,1H3,(H,19,20,22). The molecule has 1 aromatic carbocycles. The second-order valence-corrected chi connectivity index (χ2v) is 7.39. The number of nitrogens with zero attached hydrogens (tertiary/aromatic N) is 1. The second kappa shape index (κ2) is 7.44. The number of thiazole rings is 1. The summed E-state index contributed by atoms with van der Waals surface area (Å²) in [7, 11) is 0. The van der Waals surface area contributed by atoms with E-state index in [0.717, 1.165) is 10.9 Å². The Hall–Kier alpha value is -1.73. The Morgan fingerprint density at radius 2 is 2.29 bits per heavy atom. The highest BCUT2D eigenvalue weighted by Crippen LogP contribution is 2.48. The number of hydrogen-bond acceptors (Lipinski definition) is 5. The van der Waals surface area contributed by atoms with Crippen molar-refractivity contribution in [3.8, 4) is 0 Å². The van der Waals surface area contributed by atoms with Crippen molar-refractivity contribution in [2.75, 3.05) is 11.9 Å². The van der Waals surface area contributed by atoms with E-state index in [4.69, 9.17) is 4.74 Å². The quantitative estimate of drug-likeness (QED) is 0.738. The number of ether oxygens (including phenoxy) is 1. The molecule has 2 atom stereocenters. The Morgan fingerprint density at radius 1 is 1.46 bits per heavy atom. The molecule has 3 rings (SSSR count). The van der Waals surface area contributed by atoms with E-state index < -0.39 is 0 Å². The molecule has 1 aromatic heterocycles. The third-order valence-corrected chi connectivity index (χ3v) is 5.12. The molecule has 7 heteroatoms. The van der Waals surface area contributed by atoms with Crippen molar-refractivity contribution in [1.82, 2.24) is 4.98 Å². The van der Waals surface area contributed by atoms with Gasteiger partial charge in [-0.1, -0.05) is 28.1 Å². The van der Waals surface area contributed by atoms with E-state index in [1.165, 1.54) is 16.9 Å². The van der Waals surface area contributed by atoms with Crippen LogP contribution in [-0.4, -0.2) is 23.5 Å². The van der Waals surface area contributed by atoms with Crippen molar-refractivity contribution in [3.05, 3.63) is 45.4 Å². The lowest BCUT2D eigenvalue weighted by atomic mass is 10.1. The average molecular weight is 409 g/mol. The predicted molar refractivity (Wildman–Crippen MR) is 96.1 cm³/mol. The van der Waals surface area contributed by atoms with Gasteiger partial charge in [-0.3, -0.25) is 9.59 Å². The van der Waals surface area contributed by atoms with Gasteiger partial charge in [0.2, 0.25) is 5.91 Å². The summed E-state index contributed by atoms with van der Waals surface area (Å²) in [5.74, 6) is -0.0761. The molecular formula is C17H17BrN2O3S. The molecule has 2 unspecified atom stereocenters. The third kappa shape index (κ3) is 4.21. The summed E-state index contributed by atoms with van der Waals surface area (Å²) in [4.78, 5) is 28.0. The van der Waals surface area contributed by atoms with Crippen molar-refractivity contribution >= 4 is 44.3 Å². The molecule has 1 N–H and O–H groups in total. The lowest BCUT2D eigenvalue weighted by Crippen LogP contribution is -2.14. The van der Waals surface area contributed by atoms with E-state index in [1.807, 2.05) is 18.2 Å². The van der Waals surface area contributed by atoms with Crippen LogP contribution < -0.4 is 5.32 Å². The third-order valence-electron chi connectivity index (χ3n) is 3.82. The van der Waals surface area contributed by atoms with E-state index in [-0.39, 0.29) is 30.1 Å². The van der Waals surface area contributed by atoms with E-state index in [9.17, 15) is 9.59 Å². The molecule has 1 amide bonds. The van der Waals surface area contributed by atoms with Gasteiger partial charge in [0, 0.05) is 15.8 Å². The Kier molecular flexibility index (Phi) is 5.30. The maximum atomic E-state index is 12.3. The molecule has 0 spiro atoms. The van der Waals surface area contributed by atoms with Crippen LogP contribution in [0.4, 0.5) is 5.13 Å². The number of benzene rings is 1. The zero-order chi connectivity index (χ0) is 17.1. The number of amides is 1. The molecule has 0 bridgehead atoms. The maximum absolute atomic E-state index is 12.3. The fourth-order valence-electron chi connectivity index (χ4n) is 2.59. The van der Waals surface area contributed by atoms with Crippen LogP contribution in [0.5, 0.6) is 0 Å². The number of esters is 1. The summed E-state index contributed by atoms with van der Waals surface area (Å²) in [6, 6.07) is 8.05. The van der Waals surface area contributed by atoms with E-state index in [2.05, 4.69) is 32.3 Å². The first-order valence-electron chi connectivity index (χ1n) is 7.73. The molecule has 1 heterocycles.